The molecule has 0 unspecified atom stereocenters. The third-order valence-corrected chi connectivity index (χ3v) is 3.58. The SMILES string of the molecule is c1ccc(C[C@@H]2CCc3ccccc32)cc1. The lowest BCUT2D eigenvalue weighted by Crippen LogP contribution is -1.98. The van der Waals surface area contributed by atoms with E-state index in [4.69, 9.17) is 0 Å². The van der Waals surface area contributed by atoms with E-state index >= 15 is 0 Å². The van der Waals surface area contributed by atoms with Gasteiger partial charge in [0.25, 0.3) is 0 Å². The van der Waals surface area contributed by atoms with Gasteiger partial charge in [-0.25, -0.2) is 0 Å². The van der Waals surface area contributed by atoms with Crippen molar-refractivity contribution in [3.05, 3.63) is 71.3 Å². The Bertz CT molecular complexity index is 470. The molecule has 0 nitrogen and oxygen atoms in total. The third-order valence-electron chi connectivity index (χ3n) is 3.58. The predicted molar refractivity (Wildman–Crippen MR) is 67.7 cm³/mol. The first-order valence-electron chi connectivity index (χ1n) is 6.05. The first-order valence-corrected chi connectivity index (χ1v) is 6.05. The summed E-state index contributed by atoms with van der Waals surface area (Å²) < 4.78 is 0. The molecule has 0 saturated heterocycles. The lowest BCUT2D eigenvalue weighted by molar-refractivity contribution is 0.674. The Morgan fingerprint density at radius 1 is 0.875 bits per heavy atom. The fraction of sp³-hybridized carbons (Fsp3) is 0.250. The molecule has 80 valence electrons. The van der Waals surface area contributed by atoms with Crippen LogP contribution in [-0.2, 0) is 12.8 Å². The van der Waals surface area contributed by atoms with Gasteiger partial charge < -0.3 is 0 Å². The summed E-state index contributed by atoms with van der Waals surface area (Å²) in [4.78, 5) is 0. The smallest absolute Gasteiger partial charge is 0.0116 e. The van der Waals surface area contributed by atoms with Crippen LogP contribution in [0.5, 0.6) is 0 Å². The van der Waals surface area contributed by atoms with Gasteiger partial charge in [-0.1, -0.05) is 54.6 Å². The normalized spacial score (nSPS) is 18.4. The Kier molecular flexibility index (Phi) is 2.49. The molecule has 3 rings (SSSR count). The van der Waals surface area contributed by atoms with E-state index in [1.54, 1.807) is 11.1 Å². The molecule has 1 aliphatic rings. The molecule has 2 aromatic rings. The van der Waals surface area contributed by atoms with Gasteiger partial charge in [-0.3, -0.25) is 0 Å². The highest BCUT2D eigenvalue weighted by atomic mass is 14.3. The van der Waals surface area contributed by atoms with Crippen LogP contribution in [-0.4, -0.2) is 0 Å². The fourth-order valence-corrected chi connectivity index (χ4v) is 2.76. The molecular weight excluding hydrogens is 192 g/mol. The van der Waals surface area contributed by atoms with Gasteiger partial charge in [0.1, 0.15) is 0 Å². The van der Waals surface area contributed by atoms with Crippen molar-refractivity contribution in [3.8, 4) is 0 Å². The maximum atomic E-state index is 2.30. The quantitative estimate of drug-likeness (QED) is 0.700. The largest absolute Gasteiger partial charge is 0.0622 e. The van der Waals surface area contributed by atoms with Crippen molar-refractivity contribution in [1.82, 2.24) is 0 Å². The number of aryl methyl sites for hydroxylation is 1. The van der Waals surface area contributed by atoms with Crippen molar-refractivity contribution >= 4 is 0 Å². The summed E-state index contributed by atoms with van der Waals surface area (Å²) in [6.45, 7) is 0. The number of fused-ring (bicyclic) bond motifs is 1. The topological polar surface area (TPSA) is 0 Å². The van der Waals surface area contributed by atoms with Crippen molar-refractivity contribution in [2.75, 3.05) is 0 Å². The highest BCUT2D eigenvalue weighted by Crippen LogP contribution is 2.35. The molecule has 0 saturated carbocycles. The van der Waals surface area contributed by atoms with Crippen molar-refractivity contribution < 1.29 is 0 Å². The summed E-state index contributed by atoms with van der Waals surface area (Å²) in [5, 5.41) is 0. The molecule has 1 atom stereocenters. The van der Waals surface area contributed by atoms with Gasteiger partial charge in [0.05, 0.1) is 0 Å². The molecule has 0 radical (unpaired) electrons. The lowest BCUT2D eigenvalue weighted by Gasteiger charge is -2.11. The zero-order valence-corrected chi connectivity index (χ0v) is 9.39. The Labute approximate surface area is 96.9 Å². The Morgan fingerprint density at radius 2 is 1.62 bits per heavy atom. The minimum absolute atomic E-state index is 0.735. The van der Waals surface area contributed by atoms with Crippen LogP contribution in [0.4, 0.5) is 0 Å². The minimum atomic E-state index is 0.735. The van der Waals surface area contributed by atoms with Gasteiger partial charge in [0.2, 0.25) is 0 Å². The number of benzene rings is 2. The average Bonchev–Trinajstić information content (AvgIpc) is 2.74. The zero-order valence-electron chi connectivity index (χ0n) is 9.39. The van der Waals surface area contributed by atoms with E-state index in [0.717, 1.165) is 5.92 Å². The molecule has 0 fully saturated rings. The van der Waals surface area contributed by atoms with Crippen LogP contribution in [0.2, 0.25) is 0 Å². The maximum Gasteiger partial charge on any atom is -0.0116 e. The number of hydrogen-bond acceptors (Lipinski definition) is 0. The second-order valence-corrected chi connectivity index (χ2v) is 4.62. The van der Waals surface area contributed by atoms with Gasteiger partial charge in [-0.15, -0.1) is 0 Å². The molecule has 0 heterocycles. The molecule has 0 heteroatoms. The number of rotatable bonds is 2. The minimum Gasteiger partial charge on any atom is -0.0622 e. The summed E-state index contributed by atoms with van der Waals surface area (Å²) in [5.41, 5.74) is 4.60. The summed E-state index contributed by atoms with van der Waals surface area (Å²) >= 11 is 0. The van der Waals surface area contributed by atoms with Gasteiger partial charge in [-0.2, -0.15) is 0 Å². The summed E-state index contributed by atoms with van der Waals surface area (Å²) in [5.74, 6) is 0.735. The van der Waals surface area contributed by atoms with E-state index in [9.17, 15) is 0 Å². The first-order chi connectivity index (χ1) is 7.93. The second kappa shape index (κ2) is 4.13. The first kappa shape index (κ1) is 9.65. The van der Waals surface area contributed by atoms with Gasteiger partial charge in [0.15, 0.2) is 0 Å². The van der Waals surface area contributed by atoms with Crippen LogP contribution in [0.1, 0.15) is 29.0 Å². The molecule has 0 aromatic heterocycles. The van der Waals surface area contributed by atoms with Crippen LogP contribution in [0.25, 0.3) is 0 Å². The summed E-state index contributed by atoms with van der Waals surface area (Å²) in [6, 6.07) is 19.7. The van der Waals surface area contributed by atoms with Crippen molar-refractivity contribution in [2.45, 2.75) is 25.2 Å². The Balaban J connectivity index is 1.84. The fourth-order valence-electron chi connectivity index (χ4n) is 2.76. The van der Waals surface area contributed by atoms with Crippen LogP contribution in [0.15, 0.2) is 54.6 Å². The molecule has 2 aromatic carbocycles. The summed E-state index contributed by atoms with van der Waals surface area (Å²) in [7, 11) is 0. The van der Waals surface area contributed by atoms with Crippen molar-refractivity contribution in [3.63, 3.8) is 0 Å². The van der Waals surface area contributed by atoms with E-state index in [1.807, 2.05) is 0 Å². The van der Waals surface area contributed by atoms with Crippen LogP contribution >= 0.6 is 0 Å². The van der Waals surface area contributed by atoms with E-state index in [1.165, 1.54) is 24.8 Å². The lowest BCUT2D eigenvalue weighted by atomic mass is 9.94. The highest BCUT2D eigenvalue weighted by Gasteiger charge is 2.21. The molecule has 16 heavy (non-hydrogen) atoms. The maximum absolute atomic E-state index is 2.30. The monoisotopic (exact) mass is 208 g/mol. The zero-order chi connectivity index (χ0) is 10.8. The van der Waals surface area contributed by atoms with E-state index < -0.39 is 0 Å². The molecule has 1 aliphatic carbocycles. The van der Waals surface area contributed by atoms with Gasteiger partial charge in [-0.05, 0) is 41.9 Å². The average molecular weight is 208 g/mol. The van der Waals surface area contributed by atoms with Crippen molar-refractivity contribution in [1.29, 1.82) is 0 Å². The van der Waals surface area contributed by atoms with Crippen LogP contribution in [0.3, 0.4) is 0 Å². The standard InChI is InChI=1S/C16H16/c1-2-6-13(7-3-1)12-15-11-10-14-8-4-5-9-16(14)15/h1-9,15H,10-12H2/t15-/m0/s1. The van der Waals surface area contributed by atoms with Crippen LogP contribution in [0, 0.1) is 0 Å². The molecule has 0 bridgehead atoms. The predicted octanol–water partition coefficient (Wildman–Crippen LogP) is 3.96. The molecule has 0 aliphatic heterocycles. The van der Waals surface area contributed by atoms with E-state index in [-0.39, 0.29) is 0 Å². The Hall–Kier alpha value is -1.56. The molecular formula is C16H16. The Morgan fingerprint density at radius 3 is 2.50 bits per heavy atom. The van der Waals surface area contributed by atoms with Crippen molar-refractivity contribution in [2.24, 2.45) is 0 Å². The number of hydrogen-bond donors (Lipinski definition) is 0. The second-order valence-electron chi connectivity index (χ2n) is 4.62. The van der Waals surface area contributed by atoms with Gasteiger partial charge >= 0.3 is 0 Å². The van der Waals surface area contributed by atoms with E-state index in [0.29, 0.717) is 0 Å². The molecule has 0 N–H and O–H groups in total. The molecule has 0 amide bonds. The molecule has 0 spiro atoms. The van der Waals surface area contributed by atoms with Crippen LogP contribution < -0.4 is 0 Å². The summed E-state index contributed by atoms with van der Waals surface area (Å²) in [6.07, 6.45) is 3.76. The third kappa shape index (κ3) is 1.76. The van der Waals surface area contributed by atoms with Gasteiger partial charge in [0, 0.05) is 0 Å². The van der Waals surface area contributed by atoms with E-state index in [2.05, 4.69) is 54.6 Å². The highest BCUT2D eigenvalue weighted by molar-refractivity contribution is 5.36.